The Kier molecular flexibility index (Phi) is 11.6. The van der Waals surface area contributed by atoms with E-state index in [1.54, 1.807) is 0 Å². The van der Waals surface area contributed by atoms with Gasteiger partial charge in [0.05, 0.1) is 0 Å². The van der Waals surface area contributed by atoms with Gasteiger partial charge in [0.2, 0.25) is 11.8 Å². The standard InChI is InChI=1S/C13H27N3O2/c1-2-3-10-15-13(18)8-11-16-12(17)7-5-4-6-9-14/h2-11,14H2,1H3,(H,15,18)(H,16,17). The van der Waals surface area contributed by atoms with Gasteiger partial charge in [-0.2, -0.15) is 0 Å². The molecule has 5 heteroatoms. The third-order valence-electron chi connectivity index (χ3n) is 2.63. The van der Waals surface area contributed by atoms with Crippen molar-refractivity contribution >= 4 is 11.8 Å². The maximum Gasteiger partial charge on any atom is 0.221 e. The van der Waals surface area contributed by atoms with Crippen LogP contribution >= 0.6 is 0 Å². The van der Waals surface area contributed by atoms with Crippen molar-refractivity contribution in [3.8, 4) is 0 Å². The molecule has 5 nitrogen and oxygen atoms in total. The van der Waals surface area contributed by atoms with Crippen molar-refractivity contribution in [2.45, 2.75) is 51.9 Å². The fourth-order valence-electron chi connectivity index (χ4n) is 1.50. The molecule has 0 unspecified atom stereocenters. The topological polar surface area (TPSA) is 84.2 Å². The number of carbonyl (C=O) groups excluding carboxylic acids is 2. The SMILES string of the molecule is CCCCNC(=O)CCNC(=O)CCCCCN. The molecule has 0 saturated carbocycles. The van der Waals surface area contributed by atoms with Crippen LogP contribution in [0.15, 0.2) is 0 Å². The van der Waals surface area contributed by atoms with Gasteiger partial charge >= 0.3 is 0 Å². The number of nitrogens with one attached hydrogen (secondary N) is 2. The van der Waals surface area contributed by atoms with Crippen LogP contribution in [-0.2, 0) is 9.59 Å². The van der Waals surface area contributed by atoms with E-state index in [0.717, 1.165) is 38.6 Å². The van der Waals surface area contributed by atoms with E-state index in [0.29, 0.717) is 25.9 Å². The quantitative estimate of drug-likeness (QED) is 0.481. The largest absolute Gasteiger partial charge is 0.356 e. The molecule has 4 N–H and O–H groups in total. The second kappa shape index (κ2) is 12.4. The molecule has 0 aromatic heterocycles. The Morgan fingerprint density at radius 3 is 2.22 bits per heavy atom. The highest BCUT2D eigenvalue weighted by atomic mass is 16.2. The summed E-state index contributed by atoms with van der Waals surface area (Å²) in [6.07, 6.45) is 5.77. The summed E-state index contributed by atoms with van der Waals surface area (Å²) in [5, 5.41) is 5.56. The molecule has 0 aromatic carbocycles. The van der Waals surface area contributed by atoms with Crippen LogP contribution in [0, 0.1) is 0 Å². The molecule has 18 heavy (non-hydrogen) atoms. The first-order valence-corrected chi connectivity index (χ1v) is 6.94. The number of amides is 2. The molecule has 0 spiro atoms. The van der Waals surface area contributed by atoms with Crippen LogP contribution in [0.3, 0.4) is 0 Å². The summed E-state index contributed by atoms with van der Waals surface area (Å²) in [4.78, 5) is 22.7. The van der Waals surface area contributed by atoms with Crippen molar-refractivity contribution < 1.29 is 9.59 Å². The highest BCUT2D eigenvalue weighted by Crippen LogP contribution is 1.98. The minimum Gasteiger partial charge on any atom is -0.356 e. The van der Waals surface area contributed by atoms with Crippen LogP contribution in [0.25, 0.3) is 0 Å². The van der Waals surface area contributed by atoms with Crippen molar-refractivity contribution in [3.63, 3.8) is 0 Å². The maximum atomic E-state index is 11.4. The number of hydrogen-bond acceptors (Lipinski definition) is 3. The van der Waals surface area contributed by atoms with Gasteiger partial charge in [0.1, 0.15) is 0 Å². The van der Waals surface area contributed by atoms with Crippen molar-refractivity contribution in [2.75, 3.05) is 19.6 Å². The number of nitrogens with two attached hydrogens (primary N) is 1. The van der Waals surface area contributed by atoms with Gasteiger partial charge in [-0.25, -0.2) is 0 Å². The lowest BCUT2D eigenvalue weighted by Crippen LogP contribution is -2.31. The predicted octanol–water partition coefficient (Wildman–Crippen LogP) is 0.928. The molecule has 0 aliphatic heterocycles. The van der Waals surface area contributed by atoms with Gasteiger partial charge in [0.25, 0.3) is 0 Å². The summed E-state index contributed by atoms with van der Waals surface area (Å²) in [5.74, 6) is 0.0280. The van der Waals surface area contributed by atoms with Crippen molar-refractivity contribution in [3.05, 3.63) is 0 Å². The van der Waals surface area contributed by atoms with E-state index < -0.39 is 0 Å². The summed E-state index contributed by atoms with van der Waals surface area (Å²) in [7, 11) is 0. The molecule has 0 aromatic rings. The maximum absolute atomic E-state index is 11.4. The lowest BCUT2D eigenvalue weighted by Gasteiger charge is -2.06. The Morgan fingerprint density at radius 2 is 1.56 bits per heavy atom. The Labute approximate surface area is 110 Å². The summed E-state index contributed by atoms with van der Waals surface area (Å²) < 4.78 is 0. The zero-order valence-corrected chi connectivity index (χ0v) is 11.5. The van der Waals surface area contributed by atoms with Gasteiger partial charge in [0.15, 0.2) is 0 Å². The first-order chi connectivity index (χ1) is 8.70. The predicted molar refractivity (Wildman–Crippen MR) is 73.1 cm³/mol. The van der Waals surface area contributed by atoms with Crippen molar-refractivity contribution in [1.82, 2.24) is 10.6 Å². The third-order valence-corrected chi connectivity index (χ3v) is 2.63. The first-order valence-electron chi connectivity index (χ1n) is 6.94. The van der Waals surface area contributed by atoms with Gasteiger partial charge in [-0.15, -0.1) is 0 Å². The number of unbranched alkanes of at least 4 members (excludes halogenated alkanes) is 3. The Morgan fingerprint density at radius 1 is 0.889 bits per heavy atom. The van der Waals surface area contributed by atoms with E-state index in [9.17, 15) is 9.59 Å². The molecule has 0 radical (unpaired) electrons. The molecule has 0 atom stereocenters. The van der Waals surface area contributed by atoms with Gasteiger partial charge < -0.3 is 16.4 Å². The van der Waals surface area contributed by atoms with Gasteiger partial charge in [-0.1, -0.05) is 19.8 Å². The van der Waals surface area contributed by atoms with Crippen molar-refractivity contribution in [1.29, 1.82) is 0 Å². The highest BCUT2D eigenvalue weighted by Gasteiger charge is 2.03. The lowest BCUT2D eigenvalue weighted by molar-refractivity contribution is -0.122. The molecule has 0 aliphatic rings. The van der Waals surface area contributed by atoms with E-state index in [2.05, 4.69) is 17.6 Å². The monoisotopic (exact) mass is 257 g/mol. The molecule has 0 rings (SSSR count). The summed E-state index contributed by atoms with van der Waals surface area (Å²) in [5.41, 5.74) is 5.36. The molecular weight excluding hydrogens is 230 g/mol. The number of hydrogen-bond donors (Lipinski definition) is 3. The molecule has 0 saturated heterocycles. The average Bonchev–Trinajstić information content (AvgIpc) is 2.35. The number of rotatable bonds is 11. The second-order valence-electron chi connectivity index (χ2n) is 4.40. The lowest BCUT2D eigenvalue weighted by atomic mass is 10.2. The van der Waals surface area contributed by atoms with E-state index in [4.69, 9.17) is 5.73 Å². The summed E-state index contributed by atoms with van der Waals surface area (Å²) in [6, 6.07) is 0. The van der Waals surface area contributed by atoms with Crippen LogP contribution in [0.4, 0.5) is 0 Å². The van der Waals surface area contributed by atoms with E-state index in [1.807, 2.05) is 0 Å². The van der Waals surface area contributed by atoms with Gasteiger partial charge in [0, 0.05) is 25.9 Å². The van der Waals surface area contributed by atoms with Crippen LogP contribution in [0.2, 0.25) is 0 Å². The van der Waals surface area contributed by atoms with E-state index >= 15 is 0 Å². The van der Waals surface area contributed by atoms with E-state index in [1.165, 1.54) is 0 Å². The second-order valence-corrected chi connectivity index (χ2v) is 4.40. The van der Waals surface area contributed by atoms with Gasteiger partial charge in [-0.3, -0.25) is 9.59 Å². The van der Waals surface area contributed by atoms with Crippen LogP contribution < -0.4 is 16.4 Å². The van der Waals surface area contributed by atoms with Crippen molar-refractivity contribution in [2.24, 2.45) is 5.73 Å². The van der Waals surface area contributed by atoms with E-state index in [-0.39, 0.29) is 11.8 Å². The Balaban J connectivity index is 3.35. The minimum atomic E-state index is 0.00637. The number of carbonyl (C=O) groups is 2. The molecule has 2 amide bonds. The molecule has 0 aliphatic carbocycles. The summed E-state index contributed by atoms with van der Waals surface area (Å²) >= 11 is 0. The zero-order chi connectivity index (χ0) is 13.6. The van der Waals surface area contributed by atoms with Crippen LogP contribution in [0.5, 0.6) is 0 Å². The molecule has 0 heterocycles. The van der Waals surface area contributed by atoms with Crippen LogP contribution in [-0.4, -0.2) is 31.4 Å². The first kappa shape index (κ1) is 16.9. The molecule has 106 valence electrons. The third kappa shape index (κ3) is 11.4. The fourth-order valence-corrected chi connectivity index (χ4v) is 1.50. The molecular formula is C13H27N3O2. The Hall–Kier alpha value is -1.10. The molecule has 0 bridgehead atoms. The Bertz CT molecular complexity index is 232. The normalized spacial score (nSPS) is 10.1. The average molecular weight is 257 g/mol. The van der Waals surface area contributed by atoms with Crippen LogP contribution in [0.1, 0.15) is 51.9 Å². The summed E-state index contributed by atoms with van der Waals surface area (Å²) in [6.45, 7) is 3.91. The molecule has 0 fully saturated rings. The fraction of sp³-hybridized carbons (Fsp3) is 0.846. The van der Waals surface area contributed by atoms with Gasteiger partial charge in [-0.05, 0) is 25.8 Å². The smallest absolute Gasteiger partial charge is 0.221 e. The minimum absolute atomic E-state index is 0.00637. The highest BCUT2D eigenvalue weighted by molar-refractivity contribution is 5.78. The zero-order valence-electron chi connectivity index (χ0n) is 11.5.